The molecule has 1 aromatic carbocycles. The maximum atomic E-state index is 11.2. The average molecular weight is 286 g/mol. The predicted octanol–water partition coefficient (Wildman–Crippen LogP) is 1.63. The molecule has 1 aliphatic rings. The second-order valence-electron chi connectivity index (χ2n) is 4.37. The van der Waals surface area contributed by atoms with Crippen LogP contribution in [0.5, 0.6) is 5.75 Å². The number of hydrogen-bond acceptors (Lipinski definition) is 4. The number of aliphatic carboxylic acids is 1. The van der Waals surface area contributed by atoms with Gasteiger partial charge in [0, 0.05) is 13.1 Å². The summed E-state index contributed by atoms with van der Waals surface area (Å²) in [6, 6.07) is 4.86. The van der Waals surface area contributed by atoms with Crippen molar-refractivity contribution in [3.63, 3.8) is 0 Å². The van der Waals surface area contributed by atoms with E-state index < -0.39 is 12.0 Å². The Morgan fingerprint density at radius 3 is 3.11 bits per heavy atom. The van der Waals surface area contributed by atoms with Gasteiger partial charge >= 0.3 is 5.97 Å². The summed E-state index contributed by atoms with van der Waals surface area (Å²) in [5.41, 5.74) is 0.967. The van der Waals surface area contributed by atoms with Crippen LogP contribution in [-0.4, -0.2) is 48.9 Å². The van der Waals surface area contributed by atoms with Crippen LogP contribution >= 0.6 is 11.6 Å². The summed E-state index contributed by atoms with van der Waals surface area (Å²) in [6.45, 7) is 1.91. The molecule has 6 heteroatoms. The molecule has 1 heterocycles. The number of morpholine rings is 1. The number of halogens is 1. The number of carbonyl (C=O) groups is 1. The molecule has 0 bridgehead atoms. The van der Waals surface area contributed by atoms with Gasteiger partial charge in [0.1, 0.15) is 11.8 Å². The minimum Gasteiger partial charge on any atom is -0.495 e. The Morgan fingerprint density at radius 2 is 2.42 bits per heavy atom. The smallest absolute Gasteiger partial charge is 0.323 e. The lowest BCUT2D eigenvalue weighted by Crippen LogP contribution is -2.49. The number of ether oxygens (including phenoxy) is 2. The van der Waals surface area contributed by atoms with Crippen molar-refractivity contribution in [3.05, 3.63) is 28.8 Å². The Balaban J connectivity index is 2.12. The molecule has 0 spiro atoms. The summed E-state index contributed by atoms with van der Waals surface area (Å²) >= 11 is 5.97. The van der Waals surface area contributed by atoms with Gasteiger partial charge in [0.25, 0.3) is 0 Å². The minimum atomic E-state index is -0.861. The first-order valence-electron chi connectivity index (χ1n) is 5.99. The van der Waals surface area contributed by atoms with E-state index in [1.807, 2.05) is 17.0 Å². The Hall–Kier alpha value is -1.30. The van der Waals surface area contributed by atoms with Crippen molar-refractivity contribution < 1.29 is 19.4 Å². The molecule has 1 aromatic rings. The summed E-state index contributed by atoms with van der Waals surface area (Å²) in [7, 11) is 1.56. The van der Waals surface area contributed by atoms with Gasteiger partial charge in [-0.2, -0.15) is 0 Å². The molecule has 1 saturated heterocycles. The fourth-order valence-electron chi connectivity index (χ4n) is 2.09. The lowest BCUT2D eigenvalue weighted by molar-refractivity contribution is -0.150. The molecule has 0 aliphatic carbocycles. The number of carboxylic acids is 1. The molecular formula is C13H16ClNO4. The van der Waals surface area contributed by atoms with E-state index >= 15 is 0 Å². The Labute approximate surface area is 116 Å². The number of carboxylic acid groups (broad SMARTS) is 1. The van der Waals surface area contributed by atoms with Gasteiger partial charge in [-0.15, -0.1) is 0 Å². The van der Waals surface area contributed by atoms with Crippen molar-refractivity contribution in [2.24, 2.45) is 0 Å². The van der Waals surface area contributed by atoms with Crippen molar-refractivity contribution in [1.82, 2.24) is 4.90 Å². The molecule has 0 amide bonds. The standard InChI is InChI=1S/C13H16ClNO4/c1-18-12-6-9(2-3-10(12)14)7-15-4-5-19-8-11(15)13(16)17/h2-3,6,11H,4-5,7-8H2,1H3,(H,16,17). The first kappa shape index (κ1) is 14.1. The molecule has 19 heavy (non-hydrogen) atoms. The lowest BCUT2D eigenvalue weighted by atomic mass is 10.1. The zero-order chi connectivity index (χ0) is 13.8. The van der Waals surface area contributed by atoms with E-state index in [4.69, 9.17) is 26.2 Å². The van der Waals surface area contributed by atoms with Crippen LogP contribution in [0.3, 0.4) is 0 Å². The zero-order valence-corrected chi connectivity index (χ0v) is 11.4. The van der Waals surface area contributed by atoms with E-state index in [0.717, 1.165) is 5.56 Å². The second kappa shape index (κ2) is 6.23. The molecule has 1 N–H and O–H groups in total. The zero-order valence-electron chi connectivity index (χ0n) is 10.6. The molecule has 1 unspecified atom stereocenters. The third-order valence-electron chi connectivity index (χ3n) is 3.13. The van der Waals surface area contributed by atoms with Crippen molar-refractivity contribution in [2.45, 2.75) is 12.6 Å². The summed E-state index contributed by atoms with van der Waals surface area (Å²) in [4.78, 5) is 13.0. The number of nitrogens with zero attached hydrogens (tertiary/aromatic N) is 1. The SMILES string of the molecule is COc1cc(CN2CCOCC2C(=O)O)ccc1Cl. The largest absolute Gasteiger partial charge is 0.495 e. The Kier molecular flexibility index (Phi) is 4.63. The lowest BCUT2D eigenvalue weighted by Gasteiger charge is -2.32. The highest BCUT2D eigenvalue weighted by atomic mass is 35.5. The monoisotopic (exact) mass is 285 g/mol. The van der Waals surface area contributed by atoms with Crippen molar-refractivity contribution in [1.29, 1.82) is 0 Å². The van der Waals surface area contributed by atoms with Gasteiger partial charge in [0.05, 0.1) is 25.3 Å². The van der Waals surface area contributed by atoms with E-state index in [1.165, 1.54) is 0 Å². The molecule has 1 aliphatic heterocycles. The molecule has 1 atom stereocenters. The van der Waals surface area contributed by atoms with E-state index in [0.29, 0.717) is 30.5 Å². The van der Waals surface area contributed by atoms with E-state index in [9.17, 15) is 4.79 Å². The second-order valence-corrected chi connectivity index (χ2v) is 4.78. The van der Waals surface area contributed by atoms with Gasteiger partial charge < -0.3 is 14.6 Å². The maximum absolute atomic E-state index is 11.2. The fourth-order valence-corrected chi connectivity index (χ4v) is 2.29. The van der Waals surface area contributed by atoms with E-state index in [-0.39, 0.29) is 6.61 Å². The molecule has 0 saturated carbocycles. The summed E-state index contributed by atoms with van der Waals surface area (Å²) in [6.07, 6.45) is 0. The van der Waals surface area contributed by atoms with Crippen LogP contribution in [0.2, 0.25) is 5.02 Å². The number of benzene rings is 1. The molecule has 0 aromatic heterocycles. The molecule has 104 valence electrons. The van der Waals surface area contributed by atoms with Gasteiger partial charge in [0.2, 0.25) is 0 Å². The third kappa shape index (κ3) is 3.37. The summed E-state index contributed by atoms with van der Waals surface area (Å²) < 4.78 is 10.4. The van der Waals surface area contributed by atoms with Gasteiger partial charge in [-0.25, -0.2) is 0 Å². The number of rotatable bonds is 4. The normalized spacial score (nSPS) is 20.2. The van der Waals surface area contributed by atoms with Crippen LogP contribution in [0.25, 0.3) is 0 Å². The van der Waals surface area contributed by atoms with Crippen LogP contribution in [0.15, 0.2) is 18.2 Å². The molecule has 1 fully saturated rings. The number of methoxy groups -OCH3 is 1. The van der Waals surface area contributed by atoms with E-state index in [2.05, 4.69) is 0 Å². The van der Waals surface area contributed by atoms with Gasteiger partial charge in [0.15, 0.2) is 0 Å². The topological polar surface area (TPSA) is 59.0 Å². The Morgan fingerprint density at radius 1 is 1.63 bits per heavy atom. The van der Waals surface area contributed by atoms with Gasteiger partial charge in [-0.05, 0) is 17.7 Å². The minimum absolute atomic E-state index is 0.222. The molecular weight excluding hydrogens is 270 g/mol. The van der Waals surface area contributed by atoms with Crippen LogP contribution < -0.4 is 4.74 Å². The predicted molar refractivity (Wildman–Crippen MR) is 70.7 cm³/mol. The summed E-state index contributed by atoms with van der Waals surface area (Å²) in [5.74, 6) is -0.264. The van der Waals surface area contributed by atoms with Crippen molar-refractivity contribution in [2.75, 3.05) is 26.9 Å². The van der Waals surface area contributed by atoms with Crippen LogP contribution in [-0.2, 0) is 16.1 Å². The van der Waals surface area contributed by atoms with Crippen LogP contribution in [0, 0.1) is 0 Å². The van der Waals surface area contributed by atoms with Crippen molar-refractivity contribution in [3.8, 4) is 5.75 Å². The highest BCUT2D eigenvalue weighted by Crippen LogP contribution is 2.26. The molecule has 2 rings (SSSR count). The van der Waals surface area contributed by atoms with E-state index in [1.54, 1.807) is 13.2 Å². The van der Waals surface area contributed by atoms with Crippen LogP contribution in [0.4, 0.5) is 0 Å². The Bertz CT molecular complexity index is 466. The first-order valence-corrected chi connectivity index (χ1v) is 6.36. The van der Waals surface area contributed by atoms with Crippen molar-refractivity contribution >= 4 is 17.6 Å². The average Bonchev–Trinajstić information content (AvgIpc) is 2.41. The van der Waals surface area contributed by atoms with Gasteiger partial charge in [-0.1, -0.05) is 17.7 Å². The maximum Gasteiger partial charge on any atom is 0.323 e. The third-order valence-corrected chi connectivity index (χ3v) is 3.44. The highest BCUT2D eigenvalue weighted by molar-refractivity contribution is 6.32. The fraction of sp³-hybridized carbons (Fsp3) is 0.462. The molecule has 0 radical (unpaired) electrons. The summed E-state index contributed by atoms with van der Waals surface area (Å²) in [5, 5.41) is 9.71. The quantitative estimate of drug-likeness (QED) is 0.911. The molecule has 5 nitrogen and oxygen atoms in total. The first-order chi connectivity index (χ1) is 9.11. The van der Waals surface area contributed by atoms with Crippen LogP contribution in [0.1, 0.15) is 5.56 Å². The highest BCUT2D eigenvalue weighted by Gasteiger charge is 2.29. The van der Waals surface area contributed by atoms with Gasteiger partial charge in [-0.3, -0.25) is 9.69 Å². The number of hydrogen-bond donors (Lipinski definition) is 1.